The summed E-state index contributed by atoms with van der Waals surface area (Å²) < 4.78 is 4.64. The van der Waals surface area contributed by atoms with E-state index in [4.69, 9.17) is 0 Å². The summed E-state index contributed by atoms with van der Waals surface area (Å²) in [5.74, 6) is -0.0312. The second-order valence-electron chi connectivity index (χ2n) is 5.35. The molecule has 1 fully saturated rings. The van der Waals surface area contributed by atoms with Gasteiger partial charge in [-0.25, -0.2) is 4.63 Å². The molecule has 1 aliphatic carbocycles. The standard InChI is InChI=1S/C14H17N3O3/c1-17(10-3-5-11(18)6-4-10)14(19)9-2-7-12-13(8-9)16-20-15-12/h2,7-8,10-11,18H,3-6H2,1H3/t10-,11-. The van der Waals surface area contributed by atoms with Gasteiger partial charge in [0, 0.05) is 18.7 Å². The molecule has 1 aromatic heterocycles. The van der Waals surface area contributed by atoms with E-state index in [2.05, 4.69) is 14.9 Å². The van der Waals surface area contributed by atoms with E-state index in [1.54, 1.807) is 23.1 Å². The highest BCUT2D eigenvalue weighted by molar-refractivity contribution is 5.97. The second-order valence-corrected chi connectivity index (χ2v) is 5.35. The van der Waals surface area contributed by atoms with Crippen molar-refractivity contribution in [3.05, 3.63) is 23.8 Å². The Kier molecular flexibility index (Phi) is 3.40. The van der Waals surface area contributed by atoms with Crippen molar-refractivity contribution in [2.24, 2.45) is 0 Å². The third-order valence-corrected chi connectivity index (χ3v) is 4.04. The predicted octanol–water partition coefficient (Wildman–Crippen LogP) is 1.60. The molecule has 2 aromatic rings. The van der Waals surface area contributed by atoms with Gasteiger partial charge >= 0.3 is 0 Å². The molecular weight excluding hydrogens is 258 g/mol. The second kappa shape index (κ2) is 5.20. The van der Waals surface area contributed by atoms with Gasteiger partial charge in [-0.2, -0.15) is 0 Å². The first-order chi connectivity index (χ1) is 9.65. The highest BCUT2D eigenvalue weighted by Crippen LogP contribution is 2.24. The quantitative estimate of drug-likeness (QED) is 0.900. The van der Waals surface area contributed by atoms with Gasteiger partial charge in [-0.05, 0) is 54.2 Å². The summed E-state index contributed by atoms with van der Waals surface area (Å²) in [6.45, 7) is 0. The van der Waals surface area contributed by atoms with Crippen LogP contribution in [0.25, 0.3) is 11.0 Å². The molecule has 1 amide bonds. The summed E-state index contributed by atoms with van der Waals surface area (Å²) >= 11 is 0. The maximum atomic E-state index is 12.5. The van der Waals surface area contributed by atoms with Crippen LogP contribution in [-0.4, -0.2) is 45.4 Å². The predicted molar refractivity (Wildman–Crippen MR) is 72.2 cm³/mol. The highest BCUT2D eigenvalue weighted by atomic mass is 16.6. The van der Waals surface area contributed by atoms with Crippen LogP contribution in [0.4, 0.5) is 0 Å². The van der Waals surface area contributed by atoms with Crippen molar-refractivity contribution in [3.8, 4) is 0 Å². The number of hydrogen-bond acceptors (Lipinski definition) is 5. The Morgan fingerprint density at radius 1 is 1.25 bits per heavy atom. The number of carbonyl (C=O) groups excluding carboxylic acids is 1. The largest absolute Gasteiger partial charge is 0.393 e. The minimum absolute atomic E-state index is 0.0312. The molecule has 0 saturated heterocycles. The molecule has 1 saturated carbocycles. The van der Waals surface area contributed by atoms with Gasteiger partial charge in [0.2, 0.25) is 0 Å². The van der Waals surface area contributed by atoms with Gasteiger partial charge in [0.15, 0.2) is 0 Å². The van der Waals surface area contributed by atoms with E-state index >= 15 is 0 Å². The lowest BCUT2D eigenvalue weighted by atomic mass is 9.92. The molecular formula is C14H17N3O3. The molecule has 0 unspecified atom stereocenters. The number of hydrogen-bond donors (Lipinski definition) is 1. The number of carbonyl (C=O) groups is 1. The van der Waals surface area contributed by atoms with Crippen LogP contribution in [0.1, 0.15) is 36.0 Å². The summed E-state index contributed by atoms with van der Waals surface area (Å²) in [4.78, 5) is 14.2. The Balaban J connectivity index is 1.77. The van der Waals surface area contributed by atoms with Crippen LogP contribution >= 0.6 is 0 Å². The van der Waals surface area contributed by atoms with Crippen molar-refractivity contribution in [2.75, 3.05) is 7.05 Å². The summed E-state index contributed by atoms with van der Waals surface area (Å²) in [6.07, 6.45) is 2.99. The Bertz CT molecular complexity index is 617. The molecule has 0 aliphatic heterocycles. The van der Waals surface area contributed by atoms with E-state index in [0.717, 1.165) is 25.7 Å². The number of amides is 1. The fourth-order valence-corrected chi connectivity index (χ4v) is 2.73. The van der Waals surface area contributed by atoms with Crippen LogP contribution in [-0.2, 0) is 0 Å². The average molecular weight is 275 g/mol. The molecule has 20 heavy (non-hydrogen) atoms. The topological polar surface area (TPSA) is 79.5 Å². The molecule has 1 N–H and O–H groups in total. The lowest BCUT2D eigenvalue weighted by Gasteiger charge is -2.33. The van der Waals surface area contributed by atoms with Gasteiger partial charge in [-0.1, -0.05) is 0 Å². The molecule has 1 heterocycles. The van der Waals surface area contributed by atoms with Crippen molar-refractivity contribution in [2.45, 2.75) is 37.8 Å². The lowest BCUT2D eigenvalue weighted by Crippen LogP contribution is -2.40. The Morgan fingerprint density at radius 2 is 1.95 bits per heavy atom. The molecule has 6 nitrogen and oxygen atoms in total. The van der Waals surface area contributed by atoms with Crippen molar-refractivity contribution >= 4 is 16.9 Å². The van der Waals surface area contributed by atoms with Crippen molar-refractivity contribution in [1.82, 2.24) is 15.2 Å². The SMILES string of the molecule is CN(C(=O)c1ccc2nonc2c1)[C@H]1CC[C@H](O)CC1. The molecule has 0 radical (unpaired) electrons. The zero-order chi connectivity index (χ0) is 14.1. The Labute approximate surface area is 116 Å². The van der Waals surface area contributed by atoms with Crippen molar-refractivity contribution < 1.29 is 14.5 Å². The minimum Gasteiger partial charge on any atom is -0.393 e. The normalized spacial score (nSPS) is 22.9. The van der Waals surface area contributed by atoms with Gasteiger partial charge in [0.05, 0.1) is 6.10 Å². The van der Waals surface area contributed by atoms with E-state index < -0.39 is 0 Å². The monoisotopic (exact) mass is 275 g/mol. The molecule has 6 heteroatoms. The zero-order valence-electron chi connectivity index (χ0n) is 11.3. The van der Waals surface area contributed by atoms with Gasteiger partial charge in [-0.3, -0.25) is 4.79 Å². The van der Waals surface area contributed by atoms with E-state index in [0.29, 0.717) is 16.6 Å². The minimum atomic E-state index is -0.215. The van der Waals surface area contributed by atoms with Gasteiger partial charge in [0.1, 0.15) is 11.0 Å². The maximum absolute atomic E-state index is 12.5. The van der Waals surface area contributed by atoms with Crippen LogP contribution in [0, 0.1) is 0 Å². The Hall–Kier alpha value is -1.95. The van der Waals surface area contributed by atoms with E-state index in [-0.39, 0.29) is 18.1 Å². The number of aromatic nitrogens is 2. The third kappa shape index (κ3) is 2.38. The highest BCUT2D eigenvalue weighted by Gasteiger charge is 2.26. The first kappa shape index (κ1) is 13.1. The van der Waals surface area contributed by atoms with Crippen molar-refractivity contribution in [3.63, 3.8) is 0 Å². The third-order valence-electron chi connectivity index (χ3n) is 4.04. The number of benzene rings is 1. The van der Waals surface area contributed by atoms with Crippen molar-refractivity contribution in [1.29, 1.82) is 0 Å². The maximum Gasteiger partial charge on any atom is 0.253 e. The molecule has 1 aliphatic rings. The number of aliphatic hydroxyl groups excluding tert-OH is 1. The van der Waals surface area contributed by atoms with Gasteiger partial charge in [0.25, 0.3) is 5.91 Å². The molecule has 106 valence electrons. The number of fused-ring (bicyclic) bond motifs is 1. The first-order valence-corrected chi connectivity index (χ1v) is 6.82. The summed E-state index contributed by atoms with van der Waals surface area (Å²) in [7, 11) is 1.82. The fraction of sp³-hybridized carbons (Fsp3) is 0.500. The van der Waals surface area contributed by atoms with Crippen LogP contribution in [0.5, 0.6) is 0 Å². The average Bonchev–Trinajstić information content (AvgIpc) is 2.94. The molecule has 0 bridgehead atoms. The van der Waals surface area contributed by atoms with E-state index in [1.165, 1.54) is 0 Å². The molecule has 3 rings (SSSR count). The first-order valence-electron chi connectivity index (χ1n) is 6.82. The molecule has 1 aromatic carbocycles. The van der Waals surface area contributed by atoms with Crippen LogP contribution in [0.15, 0.2) is 22.8 Å². The molecule has 0 spiro atoms. The number of aliphatic hydroxyl groups is 1. The smallest absolute Gasteiger partial charge is 0.253 e. The lowest BCUT2D eigenvalue weighted by molar-refractivity contribution is 0.0569. The van der Waals surface area contributed by atoms with E-state index in [1.807, 2.05) is 7.05 Å². The Morgan fingerprint density at radius 3 is 2.70 bits per heavy atom. The summed E-state index contributed by atoms with van der Waals surface area (Å²) in [5, 5.41) is 17.0. The van der Waals surface area contributed by atoms with Crippen LogP contribution in [0.2, 0.25) is 0 Å². The summed E-state index contributed by atoms with van der Waals surface area (Å²) in [5.41, 5.74) is 1.81. The summed E-state index contributed by atoms with van der Waals surface area (Å²) in [6, 6.07) is 5.36. The van der Waals surface area contributed by atoms with Crippen LogP contribution in [0.3, 0.4) is 0 Å². The zero-order valence-corrected chi connectivity index (χ0v) is 11.3. The number of nitrogens with zero attached hydrogens (tertiary/aromatic N) is 3. The van der Waals surface area contributed by atoms with Crippen LogP contribution < -0.4 is 0 Å². The van der Waals surface area contributed by atoms with Gasteiger partial charge in [-0.15, -0.1) is 0 Å². The molecule has 0 atom stereocenters. The number of rotatable bonds is 2. The fourth-order valence-electron chi connectivity index (χ4n) is 2.73. The van der Waals surface area contributed by atoms with Gasteiger partial charge < -0.3 is 10.0 Å². The van der Waals surface area contributed by atoms with E-state index in [9.17, 15) is 9.90 Å².